The number of halogens is 1. The normalized spacial score (nSPS) is 16.2. The molecule has 0 N–H and O–H groups in total. The van der Waals surface area contributed by atoms with Crippen molar-refractivity contribution in [1.29, 1.82) is 0 Å². The topological polar surface area (TPSA) is 54.5 Å². The average molecular weight is 323 g/mol. The Bertz CT molecular complexity index is 671. The number of amides is 1. The molecular formula is C15H19ClN4O2. The van der Waals surface area contributed by atoms with E-state index in [-0.39, 0.29) is 5.91 Å². The third-order valence-electron chi connectivity index (χ3n) is 3.91. The molecule has 6 nitrogen and oxygen atoms in total. The van der Waals surface area contributed by atoms with Crippen LogP contribution in [0.2, 0.25) is 5.02 Å². The van der Waals surface area contributed by atoms with Crippen molar-refractivity contribution in [2.24, 2.45) is 7.05 Å². The maximum atomic E-state index is 12.5. The van der Waals surface area contributed by atoms with Gasteiger partial charge in [0, 0.05) is 45.5 Å². The standard InChI is InChI=1S/C15H19ClN4O2/c1-11-7-13(22-17-11)10-19-3-5-20(6-4-19)15(21)14-8-12(16)9-18(14)2/h7-9H,3-6,10H2,1-2H3. The lowest BCUT2D eigenvalue weighted by molar-refractivity contribution is 0.0608. The third kappa shape index (κ3) is 3.18. The van der Waals surface area contributed by atoms with Gasteiger partial charge in [0.15, 0.2) is 5.76 Å². The Morgan fingerprint density at radius 2 is 2.05 bits per heavy atom. The Labute approximate surface area is 134 Å². The average Bonchev–Trinajstić information content (AvgIpc) is 3.04. The zero-order chi connectivity index (χ0) is 15.7. The summed E-state index contributed by atoms with van der Waals surface area (Å²) in [7, 11) is 1.83. The van der Waals surface area contributed by atoms with Crippen LogP contribution in [0.3, 0.4) is 0 Å². The largest absolute Gasteiger partial charge is 0.360 e. The van der Waals surface area contributed by atoms with E-state index in [1.54, 1.807) is 16.8 Å². The highest BCUT2D eigenvalue weighted by Crippen LogP contribution is 2.16. The minimum absolute atomic E-state index is 0.0320. The summed E-state index contributed by atoms with van der Waals surface area (Å²) < 4.78 is 7.01. The molecule has 0 aromatic carbocycles. The maximum absolute atomic E-state index is 12.5. The second kappa shape index (κ2) is 6.14. The molecule has 3 rings (SSSR count). The van der Waals surface area contributed by atoms with Crippen LogP contribution in [0.4, 0.5) is 0 Å². The van der Waals surface area contributed by atoms with Crippen molar-refractivity contribution in [3.8, 4) is 0 Å². The minimum atomic E-state index is 0.0320. The van der Waals surface area contributed by atoms with Gasteiger partial charge in [-0.15, -0.1) is 0 Å². The number of hydrogen-bond donors (Lipinski definition) is 0. The van der Waals surface area contributed by atoms with Gasteiger partial charge in [-0.2, -0.15) is 0 Å². The lowest BCUT2D eigenvalue weighted by Gasteiger charge is -2.34. The first-order valence-corrected chi connectivity index (χ1v) is 7.66. The highest BCUT2D eigenvalue weighted by Gasteiger charge is 2.24. The van der Waals surface area contributed by atoms with E-state index in [0.717, 1.165) is 31.1 Å². The lowest BCUT2D eigenvalue weighted by atomic mass is 10.2. The van der Waals surface area contributed by atoms with Gasteiger partial charge in [0.05, 0.1) is 17.3 Å². The number of rotatable bonds is 3. The summed E-state index contributed by atoms with van der Waals surface area (Å²) >= 11 is 5.95. The molecule has 0 aliphatic carbocycles. The first-order valence-electron chi connectivity index (χ1n) is 7.28. The molecule has 0 radical (unpaired) electrons. The van der Waals surface area contributed by atoms with Crippen molar-refractivity contribution in [3.05, 3.63) is 40.5 Å². The van der Waals surface area contributed by atoms with Crippen molar-refractivity contribution < 1.29 is 9.32 Å². The molecule has 0 unspecified atom stereocenters. The fourth-order valence-electron chi connectivity index (χ4n) is 2.72. The molecule has 7 heteroatoms. The minimum Gasteiger partial charge on any atom is -0.360 e. The lowest BCUT2D eigenvalue weighted by Crippen LogP contribution is -2.48. The quantitative estimate of drug-likeness (QED) is 0.866. The molecule has 118 valence electrons. The molecule has 2 aromatic heterocycles. The number of hydrogen-bond acceptors (Lipinski definition) is 4. The molecule has 0 saturated carbocycles. The summed E-state index contributed by atoms with van der Waals surface area (Å²) in [6.07, 6.45) is 1.75. The van der Waals surface area contributed by atoms with Gasteiger partial charge in [-0.05, 0) is 13.0 Å². The van der Waals surface area contributed by atoms with Crippen molar-refractivity contribution in [3.63, 3.8) is 0 Å². The smallest absolute Gasteiger partial charge is 0.270 e. The Morgan fingerprint density at radius 1 is 1.32 bits per heavy atom. The zero-order valence-electron chi connectivity index (χ0n) is 12.8. The van der Waals surface area contributed by atoms with Gasteiger partial charge in [-0.1, -0.05) is 16.8 Å². The van der Waals surface area contributed by atoms with E-state index < -0.39 is 0 Å². The van der Waals surface area contributed by atoms with E-state index in [1.807, 2.05) is 24.9 Å². The van der Waals surface area contributed by atoms with E-state index >= 15 is 0 Å². The Balaban J connectivity index is 1.57. The Hall–Kier alpha value is -1.79. The van der Waals surface area contributed by atoms with Crippen LogP contribution in [0.15, 0.2) is 22.9 Å². The number of aromatic nitrogens is 2. The van der Waals surface area contributed by atoms with Crippen LogP contribution < -0.4 is 0 Å². The molecule has 0 spiro atoms. The number of piperazine rings is 1. The van der Waals surface area contributed by atoms with Crippen LogP contribution in [0, 0.1) is 6.92 Å². The molecule has 1 amide bonds. The summed E-state index contributed by atoms with van der Waals surface area (Å²) in [5, 5.41) is 4.48. The summed E-state index contributed by atoms with van der Waals surface area (Å²) in [5.74, 6) is 0.899. The molecule has 1 aliphatic heterocycles. The SMILES string of the molecule is Cc1cc(CN2CCN(C(=O)c3cc(Cl)cn3C)CC2)on1. The summed E-state index contributed by atoms with van der Waals surface area (Å²) in [6.45, 7) is 5.70. The summed E-state index contributed by atoms with van der Waals surface area (Å²) in [5.41, 5.74) is 1.52. The third-order valence-corrected chi connectivity index (χ3v) is 4.11. The van der Waals surface area contributed by atoms with Gasteiger partial charge in [0.25, 0.3) is 5.91 Å². The van der Waals surface area contributed by atoms with Gasteiger partial charge in [-0.25, -0.2) is 0 Å². The van der Waals surface area contributed by atoms with Gasteiger partial charge < -0.3 is 14.0 Å². The fraction of sp³-hybridized carbons (Fsp3) is 0.467. The van der Waals surface area contributed by atoms with Crippen LogP contribution in [0.5, 0.6) is 0 Å². The van der Waals surface area contributed by atoms with E-state index in [4.69, 9.17) is 16.1 Å². The number of carbonyl (C=O) groups is 1. The maximum Gasteiger partial charge on any atom is 0.270 e. The van der Waals surface area contributed by atoms with E-state index in [9.17, 15) is 4.79 Å². The molecule has 22 heavy (non-hydrogen) atoms. The Kier molecular flexibility index (Phi) is 4.22. The Morgan fingerprint density at radius 3 is 2.59 bits per heavy atom. The van der Waals surface area contributed by atoms with E-state index in [1.165, 1.54) is 0 Å². The highest BCUT2D eigenvalue weighted by molar-refractivity contribution is 6.31. The monoisotopic (exact) mass is 322 g/mol. The highest BCUT2D eigenvalue weighted by atomic mass is 35.5. The molecule has 1 aliphatic rings. The fourth-order valence-corrected chi connectivity index (χ4v) is 2.97. The van der Waals surface area contributed by atoms with Crippen molar-refractivity contribution in [2.45, 2.75) is 13.5 Å². The summed E-state index contributed by atoms with van der Waals surface area (Å²) in [4.78, 5) is 16.6. The van der Waals surface area contributed by atoms with Gasteiger partial charge in [0.1, 0.15) is 5.69 Å². The van der Waals surface area contributed by atoms with Crippen LogP contribution >= 0.6 is 11.6 Å². The molecule has 3 heterocycles. The first kappa shape index (κ1) is 15.1. The van der Waals surface area contributed by atoms with E-state index in [0.29, 0.717) is 23.8 Å². The second-order valence-electron chi connectivity index (χ2n) is 5.66. The molecule has 1 saturated heterocycles. The number of aryl methyl sites for hydroxylation is 2. The summed E-state index contributed by atoms with van der Waals surface area (Å²) in [6, 6.07) is 3.66. The predicted octanol–water partition coefficient (Wildman–Crippen LogP) is 1.93. The molecule has 1 fully saturated rings. The van der Waals surface area contributed by atoms with Crippen LogP contribution in [-0.4, -0.2) is 51.6 Å². The van der Waals surface area contributed by atoms with Gasteiger partial charge in [0.2, 0.25) is 0 Å². The van der Waals surface area contributed by atoms with Crippen LogP contribution in [0.25, 0.3) is 0 Å². The predicted molar refractivity (Wildman–Crippen MR) is 82.8 cm³/mol. The van der Waals surface area contributed by atoms with Crippen LogP contribution in [-0.2, 0) is 13.6 Å². The molecule has 0 atom stereocenters. The molecule has 2 aromatic rings. The number of carbonyl (C=O) groups excluding carboxylic acids is 1. The molecule has 0 bridgehead atoms. The van der Waals surface area contributed by atoms with Gasteiger partial charge in [-0.3, -0.25) is 9.69 Å². The van der Waals surface area contributed by atoms with Crippen molar-refractivity contribution in [2.75, 3.05) is 26.2 Å². The van der Waals surface area contributed by atoms with Crippen molar-refractivity contribution in [1.82, 2.24) is 19.5 Å². The van der Waals surface area contributed by atoms with Crippen molar-refractivity contribution >= 4 is 17.5 Å². The zero-order valence-corrected chi connectivity index (χ0v) is 13.5. The number of nitrogens with zero attached hydrogens (tertiary/aromatic N) is 4. The van der Waals surface area contributed by atoms with Gasteiger partial charge >= 0.3 is 0 Å². The first-order chi connectivity index (χ1) is 10.5. The second-order valence-corrected chi connectivity index (χ2v) is 6.09. The van der Waals surface area contributed by atoms with Crippen LogP contribution in [0.1, 0.15) is 21.9 Å². The van der Waals surface area contributed by atoms with E-state index in [2.05, 4.69) is 10.1 Å². The molecular weight excluding hydrogens is 304 g/mol.